The molecule has 0 aromatic carbocycles. The summed E-state index contributed by atoms with van der Waals surface area (Å²) >= 11 is 0. The third-order valence-electron chi connectivity index (χ3n) is 1.71. The fraction of sp³-hybridized carbons (Fsp3) is 0.818. The maximum absolute atomic E-state index is 11.3. The maximum Gasteiger partial charge on any atom is 0.313 e. The van der Waals surface area contributed by atoms with Crippen LogP contribution in [-0.2, 0) is 14.3 Å². The van der Waals surface area contributed by atoms with E-state index in [4.69, 9.17) is 0 Å². The van der Waals surface area contributed by atoms with Gasteiger partial charge >= 0.3 is 5.97 Å². The number of rotatable bonds is 6. The fourth-order valence-electron chi connectivity index (χ4n) is 1.04. The van der Waals surface area contributed by atoms with Gasteiger partial charge in [0, 0.05) is 18.5 Å². The van der Waals surface area contributed by atoms with Gasteiger partial charge in [0.1, 0.15) is 12.2 Å². The molecule has 4 heteroatoms. The SMILES string of the molecule is CCOC(=O)CC(=O)CCNC(C)(C)C. The number of Topliss-reactive ketones (excluding diaryl/α,β-unsaturated/α-hetero) is 1. The molecule has 0 saturated heterocycles. The van der Waals surface area contributed by atoms with Gasteiger partial charge in [-0.25, -0.2) is 0 Å². The molecule has 0 aliphatic rings. The second kappa shape index (κ2) is 6.56. The monoisotopic (exact) mass is 215 g/mol. The number of carbonyl (C=O) groups excluding carboxylic acids is 2. The van der Waals surface area contributed by atoms with Crippen LogP contribution in [0.4, 0.5) is 0 Å². The first kappa shape index (κ1) is 14.1. The Hall–Kier alpha value is -0.900. The van der Waals surface area contributed by atoms with E-state index in [1.165, 1.54) is 0 Å². The van der Waals surface area contributed by atoms with E-state index < -0.39 is 5.97 Å². The number of carbonyl (C=O) groups is 2. The lowest BCUT2D eigenvalue weighted by atomic mass is 10.1. The highest BCUT2D eigenvalue weighted by atomic mass is 16.5. The molecule has 1 N–H and O–H groups in total. The third kappa shape index (κ3) is 9.41. The first-order valence-corrected chi connectivity index (χ1v) is 5.27. The van der Waals surface area contributed by atoms with Gasteiger partial charge in [-0.05, 0) is 27.7 Å². The number of hydrogen-bond acceptors (Lipinski definition) is 4. The summed E-state index contributed by atoms with van der Waals surface area (Å²) in [5.41, 5.74) is 0.00417. The highest BCUT2D eigenvalue weighted by Gasteiger charge is 2.12. The van der Waals surface area contributed by atoms with Crippen molar-refractivity contribution in [3.05, 3.63) is 0 Å². The fourth-order valence-corrected chi connectivity index (χ4v) is 1.04. The van der Waals surface area contributed by atoms with Crippen LogP contribution in [0.15, 0.2) is 0 Å². The van der Waals surface area contributed by atoms with Gasteiger partial charge in [-0.2, -0.15) is 0 Å². The molecule has 0 fully saturated rings. The predicted octanol–water partition coefficient (Wildman–Crippen LogP) is 1.29. The van der Waals surface area contributed by atoms with Crippen LogP contribution in [0.3, 0.4) is 0 Å². The Morgan fingerprint density at radius 1 is 1.27 bits per heavy atom. The van der Waals surface area contributed by atoms with E-state index in [1.54, 1.807) is 6.92 Å². The summed E-state index contributed by atoms with van der Waals surface area (Å²) in [5.74, 6) is -0.511. The van der Waals surface area contributed by atoms with Crippen molar-refractivity contribution in [2.45, 2.75) is 46.1 Å². The van der Waals surface area contributed by atoms with Gasteiger partial charge in [0.15, 0.2) is 0 Å². The van der Waals surface area contributed by atoms with Crippen molar-refractivity contribution in [2.75, 3.05) is 13.2 Å². The van der Waals surface area contributed by atoms with Gasteiger partial charge in [0.2, 0.25) is 0 Å². The molecule has 0 atom stereocenters. The van der Waals surface area contributed by atoms with Gasteiger partial charge in [-0.1, -0.05) is 0 Å². The first-order chi connectivity index (χ1) is 6.85. The van der Waals surface area contributed by atoms with Gasteiger partial charge in [0.05, 0.1) is 6.61 Å². The number of ether oxygens (including phenoxy) is 1. The standard InChI is InChI=1S/C11H21NO3/c1-5-15-10(14)8-9(13)6-7-12-11(2,3)4/h12H,5-8H2,1-4H3. The average molecular weight is 215 g/mol. The molecule has 0 aromatic heterocycles. The summed E-state index contributed by atoms with van der Waals surface area (Å²) in [5, 5.41) is 3.19. The molecule has 0 saturated carbocycles. The van der Waals surface area contributed by atoms with Gasteiger partial charge in [0.25, 0.3) is 0 Å². The van der Waals surface area contributed by atoms with Crippen LogP contribution >= 0.6 is 0 Å². The summed E-state index contributed by atoms with van der Waals surface area (Å²) in [6, 6.07) is 0. The topological polar surface area (TPSA) is 55.4 Å². The Morgan fingerprint density at radius 2 is 1.87 bits per heavy atom. The summed E-state index contributed by atoms with van der Waals surface area (Å²) in [6.07, 6.45) is 0.260. The molecular weight excluding hydrogens is 194 g/mol. The van der Waals surface area contributed by atoms with Gasteiger partial charge in [-0.3, -0.25) is 9.59 Å². The number of esters is 1. The van der Waals surface area contributed by atoms with E-state index in [-0.39, 0.29) is 17.7 Å². The zero-order chi connectivity index (χ0) is 11.9. The van der Waals surface area contributed by atoms with Crippen LogP contribution in [0.2, 0.25) is 0 Å². The van der Waals surface area contributed by atoms with Crippen LogP contribution in [0.25, 0.3) is 0 Å². The first-order valence-electron chi connectivity index (χ1n) is 5.27. The summed E-state index contributed by atoms with van der Waals surface area (Å²) in [6.45, 7) is 8.74. The quantitative estimate of drug-likeness (QED) is 0.536. The minimum absolute atomic E-state index is 0.00417. The van der Waals surface area contributed by atoms with Crippen molar-refractivity contribution in [1.82, 2.24) is 5.32 Å². The van der Waals surface area contributed by atoms with Crippen LogP contribution in [0.1, 0.15) is 40.5 Å². The Kier molecular flexibility index (Phi) is 6.17. The largest absolute Gasteiger partial charge is 0.466 e. The van der Waals surface area contributed by atoms with E-state index in [2.05, 4.69) is 10.1 Å². The number of ketones is 1. The smallest absolute Gasteiger partial charge is 0.313 e. The van der Waals surface area contributed by atoms with E-state index in [1.807, 2.05) is 20.8 Å². The highest BCUT2D eigenvalue weighted by Crippen LogP contribution is 1.99. The molecule has 0 aliphatic heterocycles. The lowest BCUT2D eigenvalue weighted by Gasteiger charge is -2.19. The second-order valence-corrected chi connectivity index (χ2v) is 4.45. The van der Waals surface area contributed by atoms with Crippen LogP contribution in [-0.4, -0.2) is 30.4 Å². The molecule has 0 spiro atoms. The average Bonchev–Trinajstić information content (AvgIpc) is 2.01. The van der Waals surface area contributed by atoms with Crippen molar-refractivity contribution in [3.63, 3.8) is 0 Å². The van der Waals surface area contributed by atoms with E-state index in [9.17, 15) is 9.59 Å². The van der Waals surface area contributed by atoms with E-state index in [0.717, 1.165) is 0 Å². The van der Waals surface area contributed by atoms with Crippen LogP contribution in [0.5, 0.6) is 0 Å². The molecule has 0 amide bonds. The summed E-state index contributed by atoms with van der Waals surface area (Å²) in [7, 11) is 0. The molecule has 0 heterocycles. The van der Waals surface area contributed by atoms with Gasteiger partial charge in [-0.15, -0.1) is 0 Å². The van der Waals surface area contributed by atoms with Crippen LogP contribution < -0.4 is 5.32 Å². The van der Waals surface area contributed by atoms with Gasteiger partial charge < -0.3 is 10.1 Å². The minimum Gasteiger partial charge on any atom is -0.466 e. The number of nitrogens with one attached hydrogen (secondary N) is 1. The number of hydrogen-bond donors (Lipinski definition) is 1. The van der Waals surface area contributed by atoms with E-state index >= 15 is 0 Å². The third-order valence-corrected chi connectivity index (χ3v) is 1.71. The molecule has 0 aromatic rings. The lowest BCUT2D eigenvalue weighted by molar-refractivity contribution is -0.145. The zero-order valence-corrected chi connectivity index (χ0v) is 10.1. The molecular formula is C11H21NO3. The molecule has 0 rings (SSSR count). The lowest BCUT2D eigenvalue weighted by Crippen LogP contribution is -2.37. The summed E-state index contributed by atoms with van der Waals surface area (Å²) < 4.78 is 4.68. The zero-order valence-electron chi connectivity index (χ0n) is 10.1. The minimum atomic E-state index is -0.432. The normalized spacial score (nSPS) is 11.2. The molecule has 15 heavy (non-hydrogen) atoms. The molecule has 0 radical (unpaired) electrons. The Morgan fingerprint density at radius 3 is 2.33 bits per heavy atom. The Labute approximate surface area is 91.4 Å². The van der Waals surface area contributed by atoms with Crippen molar-refractivity contribution in [2.24, 2.45) is 0 Å². The van der Waals surface area contributed by atoms with E-state index in [0.29, 0.717) is 19.6 Å². The predicted molar refractivity (Wildman–Crippen MR) is 58.6 cm³/mol. The second-order valence-electron chi connectivity index (χ2n) is 4.45. The highest BCUT2D eigenvalue weighted by molar-refractivity contribution is 5.95. The van der Waals surface area contributed by atoms with Crippen molar-refractivity contribution >= 4 is 11.8 Å². The molecule has 4 nitrogen and oxygen atoms in total. The van der Waals surface area contributed by atoms with Crippen LogP contribution in [0, 0.1) is 0 Å². The summed E-state index contributed by atoms with van der Waals surface area (Å²) in [4.78, 5) is 22.2. The molecule has 88 valence electrons. The van der Waals surface area contributed by atoms with Crippen molar-refractivity contribution in [1.29, 1.82) is 0 Å². The molecule has 0 bridgehead atoms. The Balaban J connectivity index is 3.62. The Bertz CT molecular complexity index is 218. The molecule has 0 aliphatic carbocycles. The molecule has 0 unspecified atom stereocenters. The van der Waals surface area contributed by atoms with Crippen molar-refractivity contribution < 1.29 is 14.3 Å². The maximum atomic E-state index is 11.3. The van der Waals surface area contributed by atoms with Crippen molar-refractivity contribution in [3.8, 4) is 0 Å².